The Balaban J connectivity index is 0.000000686. The molecular formula is C17H22. The highest BCUT2D eigenvalue weighted by atomic mass is 14.0. The molecule has 0 bridgehead atoms. The zero-order valence-corrected chi connectivity index (χ0v) is 11.5. The van der Waals surface area contributed by atoms with E-state index >= 15 is 0 Å². The van der Waals surface area contributed by atoms with Gasteiger partial charge in [-0.2, -0.15) is 0 Å². The molecule has 90 valence electrons. The molecule has 17 heavy (non-hydrogen) atoms. The van der Waals surface area contributed by atoms with Crippen LogP contribution >= 0.6 is 0 Å². The average molecular weight is 226 g/mol. The molecular weight excluding hydrogens is 204 g/mol. The first-order chi connectivity index (χ1) is 8.15. The van der Waals surface area contributed by atoms with Crippen LogP contribution in [0, 0.1) is 20.8 Å². The number of hydrogen-bond acceptors (Lipinski definition) is 0. The van der Waals surface area contributed by atoms with Gasteiger partial charge in [-0.3, -0.25) is 0 Å². The second-order valence-electron chi connectivity index (χ2n) is 4.25. The third-order valence-electron chi connectivity index (χ3n) is 2.57. The van der Waals surface area contributed by atoms with Crippen molar-refractivity contribution in [1.82, 2.24) is 0 Å². The summed E-state index contributed by atoms with van der Waals surface area (Å²) in [4.78, 5) is 0. The van der Waals surface area contributed by atoms with Crippen LogP contribution in [0.25, 0.3) is 11.1 Å². The minimum atomic E-state index is 1.31. The van der Waals surface area contributed by atoms with Crippen LogP contribution in [-0.2, 0) is 0 Å². The maximum absolute atomic E-state index is 2.24. The molecule has 0 radical (unpaired) electrons. The zero-order chi connectivity index (χ0) is 12.8. The van der Waals surface area contributed by atoms with Gasteiger partial charge in [-0.25, -0.2) is 0 Å². The molecule has 0 saturated carbocycles. The highest BCUT2D eigenvalue weighted by Gasteiger charge is 1.99. The smallest absolute Gasteiger partial charge is 0.0179 e. The van der Waals surface area contributed by atoms with Gasteiger partial charge in [0.1, 0.15) is 0 Å². The van der Waals surface area contributed by atoms with Crippen molar-refractivity contribution in [2.75, 3.05) is 0 Å². The van der Waals surface area contributed by atoms with E-state index in [1.807, 2.05) is 13.8 Å². The molecule has 0 saturated heterocycles. The Morgan fingerprint density at radius 2 is 1.12 bits per heavy atom. The van der Waals surface area contributed by atoms with Gasteiger partial charge >= 0.3 is 0 Å². The van der Waals surface area contributed by atoms with Gasteiger partial charge in [0.2, 0.25) is 0 Å². The predicted molar refractivity (Wildman–Crippen MR) is 77.4 cm³/mol. The summed E-state index contributed by atoms with van der Waals surface area (Å²) in [5, 5.41) is 0. The summed E-state index contributed by atoms with van der Waals surface area (Å²) in [5.74, 6) is 0. The van der Waals surface area contributed by atoms with Crippen LogP contribution in [0.15, 0.2) is 42.5 Å². The van der Waals surface area contributed by atoms with Crippen molar-refractivity contribution in [1.29, 1.82) is 0 Å². The van der Waals surface area contributed by atoms with E-state index in [4.69, 9.17) is 0 Å². The topological polar surface area (TPSA) is 0 Å². The Morgan fingerprint density at radius 1 is 0.588 bits per heavy atom. The first kappa shape index (κ1) is 13.5. The summed E-state index contributed by atoms with van der Waals surface area (Å²) in [6, 6.07) is 15.3. The van der Waals surface area contributed by atoms with Crippen LogP contribution in [-0.4, -0.2) is 0 Å². The lowest BCUT2D eigenvalue weighted by Gasteiger charge is -2.06. The standard InChI is InChI=1S/C15H16.C2H6/c1-11-5-4-6-14(8-11)15-9-12(2)7-13(3)10-15;1-2/h4-10H,1-3H3;1-2H3. The molecule has 2 aromatic carbocycles. The number of hydrogen-bond donors (Lipinski definition) is 0. The molecule has 0 nitrogen and oxygen atoms in total. The molecule has 0 aliphatic carbocycles. The van der Waals surface area contributed by atoms with Gasteiger partial charge in [0, 0.05) is 0 Å². The first-order valence-electron chi connectivity index (χ1n) is 6.30. The number of rotatable bonds is 1. The lowest BCUT2D eigenvalue weighted by atomic mass is 10.00. The molecule has 0 aromatic heterocycles. The quantitative estimate of drug-likeness (QED) is 0.618. The van der Waals surface area contributed by atoms with Crippen LogP contribution in [0.5, 0.6) is 0 Å². The summed E-state index contributed by atoms with van der Waals surface area (Å²) < 4.78 is 0. The molecule has 0 N–H and O–H groups in total. The van der Waals surface area contributed by atoms with E-state index in [0.717, 1.165) is 0 Å². The van der Waals surface area contributed by atoms with Crippen LogP contribution < -0.4 is 0 Å². The van der Waals surface area contributed by atoms with Crippen LogP contribution in [0.2, 0.25) is 0 Å². The fraction of sp³-hybridized carbons (Fsp3) is 0.294. The van der Waals surface area contributed by atoms with Crippen molar-refractivity contribution in [3.63, 3.8) is 0 Å². The monoisotopic (exact) mass is 226 g/mol. The summed E-state index contributed by atoms with van der Waals surface area (Å²) in [5.41, 5.74) is 6.59. The van der Waals surface area contributed by atoms with Crippen molar-refractivity contribution >= 4 is 0 Å². The van der Waals surface area contributed by atoms with E-state index in [-0.39, 0.29) is 0 Å². The minimum absolute atomic E-state index is 1.31. The molecule has 0 aliphatic rings. The van der Waals surface area contributed by atoms with Crippen LogP contribution in [0.1, 0.15) is 30.5 Å². The molecule has 0 atom stereocenters. The van der Waals surface area contributed by atoms with E-state index in [1.165, 1.54) is 27.8 Å². The average Bonchev–Trinajstić information content (AvgIpc) is 2.30. The second kappa shape index (κ2) is 6.24. The highest BCUT2D eigenvalue weighted by Crippen LogP contribution is 2.22. The molecule has 0 heterocycles. The molecule has 0 unspecified atom stereocenters. The Kier molecular flexibility index (Phi) is 4.96. The number of benzene rings is 2. The van der Waals surface area contributed by atoms with Gasteiger partial charge in [-0.1, -0.05) is 73.0 Å². The summed E-state index contributed by atoms with van der Waals surface area (Å²) in [6.07, 6.45) is 0. The van der Waals surface area contributed by atoms with E-state index in [0.29, 0.717) is 0 Å². The highest BCUT2D eigenvalue weighted by molar-refractivity contribution is 5.65. The first-order valence-corrected chi connectivity index (χ1v) is 6.30. The maximum Gasteiger partial charge on any atom is -0.0179 e. The molecule has 0 spiro atoms. The summed E-state index contributed by atoms with van der Waals surface area (Å²) in [6.45, 7) is 10.4. The predicted octanol–water partition coefficient (Wildman–Crippen LogP) is 5.31. The van der Waals surface area contributed by atoms with Crippen molar-refractivity contribution in [2.24, 2.45) is 0 Å². The van der Waals surface area contributed by atoms with Gasteiger partial charge in [-0.05, 0) is 31.9 Å². The molecule has 2 rings (SSSR count). The maximum atomic E-state index is 2.24. The molecule has 0 aliphatic heterocycles. The number of aryl methyl sites for hydroxylation is 3. The Bertz CT molecular complexity index is 461. The van der Waals surface area contributed by atoms with E-state index in [9.17, 15) is 0 Å². The Hall–Kier alpha value is -1.56. The third-order valence-corrected chi connectivity index (χ3v) is 2.57. The van der Waals surface area contributed by atoms with Crippen molar-refractivity contribution in [3.05, 3.63) is 59.2 Å². The van der Waals surface area contributed by atoms with Gasteiger partial charge < -0.3 is 0 Å². The lowest BCUT2D eigenvalue weighted by molar-refractivity contribution is 1.38. The van der Waals surface area contributed by atoms with E-state index in [1.54, 1.807) is 0 Å². The Morgan fingerprint density at radius 3 is 1.65 bits per heavy atom. The lowest BCUT2D eigenvalue weighted by Crippen LogP contribution is -1.83. The third kappa shape index (κ3) is 3.74. The van der Waals surface area contributed by atoms with Gasteiger partial charge in [-0.15, -0.1) is 0 Å². The van der Waals surface area contributed by atoms with Crippen LogP contribution in [0.3, 0.4) is 0 Å². The van der Waals surface area contributed by atoms with E-state index in [2.05, 4.69) is 63.2 Å². The fourth-order valence-corrected chi connectivity index (χ4v) is 1.97. The molecule has 2 aromatic rings. The van der Waals surface area contributed by atoms with Gasteiger partial charge in [0.05, 0.1) is 0 Å². The normalized spacial score (nSPS) is 9.47. The Labute approximate surface area is 105 Å². The minimum Gasteiger partial charge on any atom is -0.0683 e. The van der Waals surface area contributed by atoms with Crippen molar-refractivity contribution in [2.45, 2.75) is 34.6 Å². The largest absolute Gasteiger partial charge is 0.0683 e. The van der Waals surface area contributed by atoms with Crippen LogP contribution in [0.4, 0.5) is 0 Å². The van der Waals surface area contributed by atoms with Crippen molar-refractivity contribution < 1.29 is 0 Å². The van der Waals surface area contributed by atoms with Crippen molar-refractivity contribution in [3.8, 4) is 11.1 Å². The second-order valence-corrected chi connectivity index (χ2v) is 4.25. The zero-order valence-electron chi connectivity index (χ0n) is 11.5. The molecule has 0 amide bonds. The van der Waals surface area contributed by atoms with Gasteiger partial charge in [0.15, 0.2) is 0 Å². The SMILES string of the molecule is CC.Cc1cccc(-c2cc(C)cc(C)c2)c1. The molecule has 0 fully saturated rings. The van der Waals surface area contributed by atoms with Gasteiger partial charge in [0.25, 0.3) is 0 Å². The fourth-order valence-electron chi connectivity index (χ4n) is 1.97. The summed E-state index contributed by atoms with van der Waals surface area (Å²) >= 11 is 0. The summed E-state index contributed by atoms with van der Waals surface area (Å²) in [7, 11) is 0. The van der Waals surface area contributed by atoms with E-state index < -0.39 is 0 Å². The molecule has 0 heteroatoms.